The summed E-state index contributed by atoms with van der Waals surface area (Å²) in [5.41, 5.74) is 1.76. The molecule has 1 heterocycles. The highest BCUT2D eigenvalue weighted by Crippen LogP contribution is 2.30. The normalized spacial score (nSPS) is 10.1. The Morgan fingerprint density at radius 1 is 1.45 bits per heavy atom. The molecule has 0 aliphatic heterocycles. The van der Waals surface area contributed by atoms with Crippen LogP contribution in [0.2, 0.25) is 5.15 Å². The zero-order chi connectivity index (χ0) is 14.5. The van der Waals surface area contributed by atoms with E-state index in [9.17, 15) is 8.68 Å². The molecule has 0 fully saturated rings. The number of aldehydes is 1. The van der Waals surface area contributed by atoms with Crippen molar-refractivity contribution in [3.05, 3.63) is 47.2 Å². The summed E-state index contributed by atoms with van der Waals surface area (Å²) in [5, 5.41) is 7.94. The van der Waals surface area contributed by atoms with Crippen molar-refractivity contribution in [2.24, 2.45) is 0 Å². The number of aromatic nitrogens is 1. The summed E-state index contributed by atoms with van der Waals surface area (Å²) in [4.78, 5) is 14.8. The number of hydrogen-bond donors (Lipinski definition) is 2. The summed E-state index contributed by atoms with van der Waals surface area (Å²) in [6.45, 7) is 0. The topological polar surface area (TPSA) is 65.8 Å². The average Bonchev–Trinajstić information content (AvgIpc) is 2.48. The third-order valence-electron chi connectivity index (χ3n) is 2.65. The minimum Gasteiger partial charge on any atom is -0.302 e. The van der Waals surface area contributed by atoms with Crippen molar-refractivity contribution in [1.82, 2.24) is 4.98 Å². The van der Waals surface area contributed by atoms with Gasteiger partial charge in [0.05, 0.1) is 5.69 Å². The van der Waals surface area contributed by atoms with Crippen LogP contribution in [-0.4, -0.2) is 17.0 Å². The first kappa shape index (κ1) is 14.5. The molecule has 2 aromatic rings. The van der Waals surface area contributed by atoms with Crippen LogP contribution < -0.4 is 4.72 Å². The van der Waals surface area contributed by atoms with Crippen molar-refractivity contribution in [1.29, 1.82) is 5.41 Å². The summed E-state index contributed by atoms with van der Waals surface area (Å²) < 4.78 is 14.7. The van der Waals surface area contributed by atoms with Crippen LogP contribution in [0.3, 0.4) is 0 Å². The van der Waals surface area contributed by atoms with Crippen molar-refractivity contribution < 1.29 is 8.68 Å². The minimum absolute atomic E-state index is 0.0994. The van der Waals surface area contributed by atoms with Crippen LogP contribution in [0.15, 0.2) is 36.5 Å². The molecular formula is C13H9ClFN3OS. The van der Waals surface area contributed by atoms with Crippen LogP contribution in [0.4, 0.5) is 9.57 Å². The highest BCUT2D eigenvalue weighted by Gasteiger charge is 2.11. The molecule has 4 nitrogen and oxygen atoms in total. The molecule has 0 amide bonds. The van der Waals surface area contributed by atoms with E-state index in [-0.39, 0.29) is 18.0 Å². The fourth-order valence-corrected chi connectivity index (χ4v) is 2.22. The van der Waals surface area contributed by atoms with Crippen LogP contribution in [0.1, 0.15) is 5.56 Å². The fourth-order valence-electron chi connectivity index (χ4n) is 1.73. The van der Waals surface area contributed by atoms with Crippen LogP contribution in [0, 0.1) is 5.41 Å². The summed E-state index contributed by atoms with van der Waals surface area (Å²) in [6, 6.07) is 8.39. The smallest absolute Gasteiger partial charge is 0.168 e. The van der Waals surface area contributed by atoms with Gasteiger partial charge in [-0.1, -0.05) is 17.7 Å². The van der Waals surface area contributed by atoms with Gasteiger partial charge >= 0.3 is 0 Å². The Labute approximate surface area is 124 Å². The third kappa shape index (κ3) is 2.97. The second-order valence-electron chi connectivity index (χ2n) is 3.81. The maximum absolute atomic E-state index is 12.3. The molecule has 102 valence electrons. The monoisotopic (exact) mass is 309 g/mol. The van der Waals surface area contributed by atoms with Crippen molar-refractivity contribution >= 4 is 41.6 Å². The van der Waals surface area contributed by atoms with Gasteiger partial charge in [0.1, 0.15) is 10.9 Å². The lowest BCUT2D eigenvalue weighted by atomic mass is 10.0. The zero-order valence-electron chi connectivity index (χ0n) is 10.1. The summed E-state index contributed by atoms with van der Waals surface area (Å²) in [6.07, 6.45) is 1.97. The van der Waals surface area contributed by atoms with Crippen LogP contribution in [-0.2, 0) is 4.79 Å². The predicted molar refractivity (Wildman–Crippen MR) is 79.9 cm³/mol. The van der Waals surface area contributed by atoms with Gasteiger partial charge in [-0.2, -0.15) is 0 Å². The standard InChI is InChI=1S/C13H9ClFN3OS/c14-13-9(2-1-5-17-13)8-3-4-12(18-20-15)10(6-8)11(16)7-19/h1-7,16,18H. The molecule has 1 aromatic carbocycles. The van der Waals surface area contributed by atoms with Gasteiger partial charge in [0.15, 0.2) is 18.6 Å². The van der Waals surface area contributed by atoms with Crippen molar-refractivity contribution in [2.75, 3.05) is 4.72 Å². The van der Waals surface area contributed by atoms with Gasteiger partial charge in [0.25, 0.3) is 0 Å². The zero-order valence-corrected chi connectivity index (χ0v) is 11.6. The maximum atomic E-state index is 12.3. The first-order valence-electron chi connectivity index (χ1n) is 5.50. The molecule has 20 heavy (non-hydrogen) atoms. The Balaban J connectivity index is 2.55. The molecule has 7 heteroatoms. The first-order valence-corrected chi connectivity index (χ1v) is 6.59. The molecule has 0 spiro atoms. The highest BCUT2D eigenvalue weighted by molar-refractivity contribution is 7.95. The van der Waals surface area contributed by atoms with E-state index in [4.69, 9.17) is 17.0 Å². The Kier molecular flexibility index (Phi) is 4.70. The molecule has 0 atom stereocenters. The van der Waals surface area contributed by atoms with E-state index in [1.807, 2.05) is 0 Å². The summed E-state index contributed by atoms with van der Waals surface area (Å²) >= 11 is 5.91. The van der Waals surface area contributed by atoms with Gasteiger partial charge in [-0.3, -0.25) is 10.2 Å². The molecule has 2 rings (SSSR count). The highest BCUT2D eigenvalue weighted by atomic mass is 35.5. The van der Waals surface area contributed by atoms with E-state index in [0.29, 0.717) is 33.8 Å². The number of carbonyl (C=O) groups excluding carboxylic acids is 1. The van der Waals surface area contributed by atoms with Crippen molar-refractivity contribution in [3.8, 4) is 11.1 Å². The number of benzene rings is 1. The molecule has 0 unspecified atom stereocenters. The van der Waals surface area contributed by atoms with E-state index in [1.165, 1.54) is 0 Å². The van der Waals surface area contributed by atoms with E-state index in [2.05, 4.69) is 9.71 Å². The lowest BCUT2D eigenvalue weighted by molar-refractivity contribution is -0.102. The lowest BCUT2D eigenvalue weighted by Crippen LogP contribution is -2.04. The Bertz CT molecular complexity index is 666. The molecule has 0 saturated heterocycles. The van der Waals surface area contributed by atoms with Gasteiger partial charge in [-0.25, -0.2) is 4.98 Å². The van der Waals surface area contributed by atoms with E-state index in [0.717, 1.165) is 0 Å². The van der Waals surface area contributed by atoms with Crippen molar-refractivity contribution in [2.45, 2.75) is 0 Å². The Morgan fingerprint density at radius 2 is 2.25 bits per heavy atom. The minimum atomic E-state index is -0.247. The van der Waals surface area contributed by atoms with Gasteiger partial charge in [0, 0.05) is 17.3 Å². The third-order valence-corrected chi connectivity index (χ3v) is 3.24. The lowest BCUT2D eigenvalue weighted by Gasteiger charge is -2.10. The second-order valence-corrected chi connectivity index (χ2v) is 4.53. The predicted octanol–water partition coefficient (Wildman–Crippen LogP) is 3.91. The van der Waals surface area contributed by atoms with Crippen LogP contribution >= 0.6 is 23.9 Å². The molecule has 0 radical (unpaired) electrons. The largest absolute Gasteiger partial charge is 0.302 e. The van der Waals surface area contributed by atoms with Crippen molar-refractivity contribution in [3.63, 3.8) is 0 Å². The number of nitrogens with one attached hydrogen (secondary N) is 2. The van der Waals surface area contributed by atoms with E-state index < -0.39 is 0 Å². The number of hydrogen-bond acceptors (Lipinski definition) is 5. The first-order chi connectivity index (χ1) is 9.67. The fraction of sp³-hybridized carbons (Fsp3) is 0. The van der Waals surface area contributed by atoms with Gasteiger partial charge in [0.2, 0.25) is 0 Å². The number of anilines is 1. The number of carbonyl (C=O) groups is 1. The van der Waals surface area contributed by atoms with Crippen LogP contribution in [0.5, 0.6) is 0 Å². The Hall–Kier alpha value is -1.92. The van der Waals surface area contributed by atoms with Gasteiger partial charge in [-0.15, -0.1) is 3.89 Å². The number of nitrogens with zero attached hydrogens (tertiary/aromatic N) is 1. The SMILES string of the molecule is N=C(C=O)c1cc(-c2cccnc2Cl)ccc1NSF. The maximum Gasteiger partial charge on any atom is 0.168 e. The summed E-state index contributed by atoms with van der Waals surface area (Å²) in [5.74, 6) is 0. The molecule has 1 aromatic heterocycles. The van der Waals surface area contributed by atoms with E-state index >= 15 is 0 Å². The van der Waals surface area contributed by atoms with Crippen LogP contribution in [0.25, 0.3) is 11.1 Å². The number of halogens is 2. The molecular weight excluding hydrogens is 301 g/mol. The van der Waals surface area contributed by atoms with Gasteiger partial charge in [-0.05, 0) is 29.8 Å². The molecule has 0 aliphatic carbocycles. The average molecular weight is 310 g/mol. The quantitative estimate of drug-likeness (QED) is 0.380. The number of pyridine rings is 1. The molecule has 2 N–H and O–H groups in total. The van der Waals surface area contributed by atoms with Gasteiger partial charge < -0.3 is 4.72 Å². The van der Waals surface area contributed by atoms with E-state index in [1.54, 1.807) is 36.5 Å². The number of rotatable bonds is 5. The second kappa shape index (κ2) is 6.49. The summed E-state index contributed by atoms with van der Waals surface area (Å²) in [7, 11) is 0. The molecule has 0 saturated carbocycles. The Morgan fingerprint density at radius 3 is 2.90 bits per heavy atom. The molecule has 0 aliphatic rings. The molecule has 0 bridgehead atoms.